The first kappa shape index (κ1) is 21.4. The minimum absolute atomic E-state index is 0.108. The number of amides is 1. The van der Waals surface area contributed by atoms with Gasteiger partial charge in [0.1, 0.15) is 0 Å². The summed E-state index contributed by atoms with van der Waals surface area (Å²) in [4.78, 5) is 13.6. The third-order valence-electron chi connectivity index (χ3n) is 4.18. The van der Waals surface area contributed by atoms with Gasteiger partial charge in [-0.05, 0) is 67.3 Å². The van der Waals surface area contributed by atoms with E-state index in [2.05, 4.69) is 26.0 Å². The summed E-state index contributed by atoms with van der Waals surface area (Å²) < 4.78 is 29.2. The zero-order valence-corrected chi connectivity index (χ0v) is 19.0. The monoisotopic (exact) mass is 490 g/mol. The fourth-order valence-corrected chi connectivity index (χ4v) is 4.92. The molecule has 0 aromatic heterocycles. The number of thioether (sulfide) groups is 1. The largest absolute Gasteiger partial charge is 0.322 e. The van der Waals surface area contributed by atoms with Crippen molar-refractivity contribution < 1.29 is 13.2 Å². The van der Waals surface area contributed by atoms with E-state index in [-0.39, 0.29) is 10.8 Å². The van der Waals surface area contributed by atoms with Crippen molar-refractivity contribution >= 4 is 55.0 Å². The summed E-state index contributed by atoms with van der Waals surface area (Å²) >= 11 is 4.80. The number of carbonyl (C=O) groups is 1. The average Bonchev–Trinajstić information content (AvgIpc) is 2.70. The van der Waals surface area contributed by atoms with Gasteiger partial charge in [-0.15, -0.1) is 11.8 Å². The molecule has 0 aliphatic heterocycles. The molecule has 0 atom stereocenters. The van der Waals surface area contributed by atoms with Gasteiger partial charge in [-0.1, -0.05) is 34.1 Å². The van der Waals surface area contributed by atoms with Crippen LogP contribution in [0.4, 0.5) is 11.4 Å². The lowest BCUT2D eigenvalue weighted by Crippen LogP contribution is -2.16. The third-order valence-corrected chi connectivity index (χ3v) is 7.03. The molecule has 0 bridgehead atoms. The lowest BCUT2D eigenvalue weighted by molar-refractivity contribution is 0.102. The zero-order valence-electron chi connectivity index (χ0n) is 15.8. The molecule has 5 nitrogen and oxygen atoms in total. The van der Waals surface area contributed by atoms with Crippen molar-refractivity contribution in [3.05, 3.63) is 82.3 Å². The van der Waals surface area contributed by atoms with Gasteiger partial charge in [-0.2, -0.15) is 0 Å². The van der Waals surface area contributed by atoms with Crippen LogP contribution in [0.15, 0.2) is 81.0 Å². The number of anilines is 2. The quantitative estimate of drug-likeness (QED) is 0.445. The highest BCUT2D eigenvalue weighted by atomic mass is 79.9. The molecule has 150 valence electrons. The summed E-state index contributed by atoms with van der Waals surface area (Å²) in [6, 6.07) is 18.9. The molecule has 3 aromatic carbocycles. The number of hydrogen-bond acceptors (Lipinski definition) is 4. The summed E-state index contributed by atoms with van der Waals surface area (Å²) in [5.41, 5.74) is 1.98. The number of carbonyl (C=O) groups excluding carboxylic acids is 1. The first-order valence-corrected chi connectivity index (χ1v) is 12.1. The van der Waals surface area contributed by atoms with Crippen molar-refractivity contribution in [1.82, 2.24) is 0 Å². The van der Waals surface area contributed by atoms with Crippen LogP contribution in [-0.2, 0) is 10.0 Å². The van der Waals surface area contributed by atoms with Gasteiger partial charge in [0.25, 0.3) is 15.9 Å². The summed E-state index contributed by atoms with van der Waals surface area (Å²) in [6.45, 7) is 1.71. The second-order valence-corrected chi connectivity index (χ2v) is 9.66. The van der Waals surface area contributed by atoms with E-state index in [1.807, 2.05) is 18.4 Å². The van der Waals surface area contributed by atoms with Crippen LogP contribution in [0, 0.1) is 6.92 Å². The number of nitrogens with one attached hydrogen (secondary N) is 2. The number of sulfonamides is 1. The van der Waals surface area contributed by atoms with Crippen LogP contribution in [0.25, 0.3) is 0 Å². The van der Waals surface area contributed by atoms with Gasteiger partial charge in [0, 0.05) is 20.7 Å². The molecule has 0 radical (unpaired) electrons. The topological polar surface area (TPSA) is 75.3 Å². The van der Waals surface area contributed by atoms with Crippen molar-refractivity contribution in [1.29, 1.82) is 0 Å². The molecule has 3 aromatic rings. The highest BCUT2D eigenvalue weighted by molar-refractivity contribution is 9.10. The van der Waals surface area contributed by atoms with Gasteiger partial charge in [0.15, 0.2) is 0 Å². The van der Waals surface area contributed by atoms with Crippen LogP contribution in [0.2, 0.25) is 0 Å². The fourth-order valence-electron chi connectivity index (χ4n) is 2.73. The predicted molar refractivity (Wildman–Crippen MR) is 122 cm³/mol. The van der Waals surface area contributed by atoms with E-state index in [0.717, 1.165) is 9.37 Å². The van der Waals surface area contributed by atoms with Gasteiger partial charge in [0.05, 0.1) is 10.5 Å². The molecule has 0 saturated heterocycles. The summed E-state index contributed by atoms with van der Waals surface area (Å²) in [5.74, 6) is -0.289. The molecular weight excluding hydrogens is 472 g/mol. The third kappa shape index (κ3) is 5.20. The Bertz CT molecular complexity index is 1150. The molecule has 1 amide bonds. The molecule has 0 unspecified atom stereocenters. The summed E-state index contributed by atoms with van der Waals surface area (Å²) in [7, 11) is -3.81. The second-order valence-electron chi connectivity index (χ2n) is 6.25. The fraction of sp³-hybridized carbons (Fsp3) is 0.0952. The molecule has 0 aliphatic rings. The Labute approximate surface area is 183 Å². The summed E-state index contributed by atoms with van der Waals surface area (Å²) in [6.07, 6.45) is 1.90. The minimum atomic E-state index is -3.81. The van der Waals surface area contributed by atoms with Crippen molar-refractivity contribution in [3.8, 4) is 0 Å². The van der Waals surface area contributed by atoms with Crippen LogP contribution >= 0.6 is 27.7 Å². The molecular formula is C21H19BrN2O3S2. The maximum Gasteiger partial charge on any atom is 0.262 e. The Morgan fingerprint density at radius 3 is 2.31 bits per heavy atom. The molecule has 3 rings (SSSR count). The van der Waals surface area contributed by atoms with E-state index in [1.54, 1.807) is 55.5 Å². The smallest absolute Gasteiger partial charge is 0.262 e. The van der Waals surface area contributed by atoms with E-state index < -0.39 is 10.0 Å². The maximum atomic E-state index is 12.9. The van der Waals surface area contributed by atoms with Crippen LogP contribution in [-0.4, -0.2) is 20.6 Å². The van der Waals surface area contributed by atoms with Gasteiger partial charge >= 0.3 is 0 Å². The van der Waals surface area contributed by atoms with Gasteiger partial charge < -0.3 is 5.32 Å². The average molecular weight is 491 g/mol. The van der Waals surface area contributed by atoms with Gasteiger partial charge in [-0.3, -0.25) is 9.52 Å². The predicted octanol–water partition coefficient (Wildman–Crippen LogP) is 5.53. The van der Waals surface area contributed by atoms with Crippen LogP contribution in [0.3, 0.4) is 0 Å². The standard InChI is InChI=1S/C21H19BrN2O3S2/c1-14-7-10-17(23-21(25)18-5-3-4-6-19(18)28-2)13-20(14)29(26,27)24-16-11-8-15(22)9-12-16/h3-13,24H,1-2H3,(H,23,25). The van der Waals surface area contributed by atoms with E-state index >= 15 is 0 Å². The number of hydrogen-bond donors (Lipinski definition) is 2. The Morgan fingerprint density at radius 2 is 1.62 bits per heavy atom. The molecule has 8 heteroatoms. The van der Waals surface area contributed by atoms with Crippen molar-refractivity contribution in [3.63, 3.8) is 0 Å². The van der Waals surface area contributed by atoms with E-state index in [1.165, 1.54) is 17.8 Å². The SMILES string of the molecule is CSc1ccccc1C(=O)Nc1ccc(C)c(S(=O)(=O)Nc2ccc(Br)cc2)c1. The molecule has 2 N–H and O–H groups in total. The highest BCUT2D eigenvalue weighted by Crippen LogP contribution is 2.25. The van der Waals surface area contributed by atoms with Gasteiger partial charge in [0.2, 0.25) is 0 Å². The number of benzene rings is 3. The van der Waals surface area contributed by atoms with E-state index in [0.29, 0.717) is 22.5 Å². The van der Waals surface area contributed by atoms with Crippen molar-refractivity contribution in [2.24, 2.45) is 0 Å². The summed E-state index contributed by atoms with van der Waals surface area (Å²) in [5, 5.41) is 2.79. The Hall–Kier alpha value is -2.29. The Morgan fingerprint density at radius 1 is 0.966 bits per heavy atom. The van der Waals surface area contributed by atoms with E-state index in [9.17, 15) is 13.2 Å². The second kappa shape index (κ2) is 9.02. The molecule has 0 spiro atoms. The van der Waals surface area contributed by atoms with Crippen LogP contribution < -0.4 is 10.0 Å². The number of halogens is 1. The van der Waals surface area contributed by atoms with Crippen molar-refractivity contribution in [2.75, 3.05) is 16.3 Å². The molecule has 0 aliphatic carbocycles. The minimum Gasteiger partial charge on any atom is -0.322 e. The first-order valence-electron chi connectivity index (χ1n) is 8.63. The molecule has 0 saturated carbocycles. The number of aryl methyl sites for hydroxylation is 1. The van der Waals surface area contributed by atoms with Crippen molar-refractivity contribution in [2.45, 2.75) is 16.7 Å². The van der Waals surface area contributed by atoms with Gasteiger partial charge in [-0.25, -0.2) is 8.42 Å². The normalized spacial score (nSPS) is 11.1. The molecule has 0 heterocycles. The molecule has 0 fully saturated rings. The lowest BCUT2D eigenvalue weighted by Gasteiger charge is -2.13. The Kier molecular flexibility index (Phi) is 6.66. The Balaban J connectivity index is 1.87. The zero-order chi connectivity index (χ0) is 21.0. The van der Waals surface area contributed by atoms with Crippen LogP contribution in [0.1, 0.15) is 15.9 Å². The van der Waals surface area contributed by atoms with Crippen LogP contribution in [0.5, 0.6) is 0 Å². The molecule has 29 heavy (non-hydrogen) atoms. The highest BCUT2D eigenvalue weighted by Gasteiger charge is 2.19. The first-order chi connectivity index (χ1) is 13.8. The lowest BCUT2D eigenvalue weighted by atomic mass is 10.2. The van der Waals surface area contributed by atoms with E-state index in [4.69, 9.17) is 0 Å². The number of rotatable bonds is 6. The maximum absolute atomic E-state index is 12.9.